The fourth-order valence-corrected chi connectivity index (χ4v) is 1.76. The number of hydrogen-bond donors (Lipinski definition) is 1. The van der Waals surface area contributed by atoms with Crippen molar-refractivity contribution in [2.75, 3.05) is 5.32 Å². The number of halogens is 1. The van der Waals surface area contributed by atoms with Crippen LogP contribution in [0.5, 0.6) is 0 Å². The summed E-state index contributed by atoms with van der Waals surface area (Å²) in [6, 6.07) is 5.29. The molecule has 0 spiro atoms. The van der Waals surface area contributed by atoms with Gasteiger partial charge in [-0.1, -0.05) is 19.9 Å². The number of carbonyl (C=O) groups excluding carboxylic acids is 1. The summed E-state index contributed by atoms with van der Waals surface area (Å²) in [5.74, 6) is 0.634. The van der Waals surface area contributed by atoms with Gasteiger partial charge in [0.2, 0.25) is 6.41 Å². The molecule has 0 unspecified atom stereocenters. The Labute approximate surface area is 132 Å². The molecule has 0 saturated carbocycles. The van der Waals surface area contributed by atoms with Gasteiger partial charge in [-0.2, -0.15) is 5.10 Å². The molecule has 2 aromatic rings. The molecule has 0 fully saturated rings. The maximum atomic E-state index is 12.8. The first-order valence-corrected chi connectivity index (χ1v) is 7.45. The van der Waals surface area contributed by atoms with Gasteiger partial charge in [-0.05, 0) is 50.5 Å². The smallest absolute Gasteiger partial charge is 0.212 e. The highest BCUT2D eigenvalue weighted by atomic mass is 19.1. The predicted molar refractivity (Wildman–Crippen MR) is 89.5 cm³/mol. The van der Waals surface area contributed by atoms with Crippen molar-refractivity contribution in [2.45, 2.75) is 48.1 Å². The summed E-state index contributed by atoms with van der Waals surface area (Å²) >= 11 is 0. The van der Waals surface area contributed by atoms with Crippen LogP contribution in [0.1, 0.15) is 37.5 Å². The number of nitrogens with one attached hydrogen (secondary N) is 1. The van der Waals surface area contributed by atoms with Crippen LogP contribution in [0.4, 0.5) is 10.2 Å². The van der Waals surface area contributed by atoms with Gasteiger partial charge in [-0.15, -0.1) is 0 Å². The quantitative estimate of drug-likeness (QED) is 0.862. The molecule has 0 aliphatic carbocycles. The zero-order chi connectivity index (χ0) is 17.1. The Kier molecular flexibility index (Phi) is 9.50. The lowest BCUT2D eigenvalue weighted by Crippen LogP contribution is -2.04. The molecular formula is C17H26FN3O. The van der Waals surface area contributed by atoms with Crippen LogP contribution < -0.4 is 5.32 Å². The largest absolute Gasteiger partial charge is 0.314 e. The molecule has 4 nitrogen and oxygen atoms in total. The lowest BCUT2D eigenvalue weighted by atomic mass is 10.1. The van der Waals surface area contributed by atoms with E-state index in [1.54, 1.807) is 29.9 Å². The lowest BCUT2D eigenvalue weighted by Gasteiger charge is -2.01. The number of benzene rings is 1. The Morgan fingerprint density at radius 2 is 1.91 bits per heavy atom. The molecule has 0 saturated heterocycles. The van der Waals surface area contributed by atoms with Gasteiger partial charge in [0, 0.05) is 12.6 Å². The third kappa shape index (κ3) is 6.08. The third-order valence-corrected chi connectivity index (χ3v) is 2.97. The molecule has 2 rings (SSSR count). The third-order valence-electron chi connectivity index (χ3n) is 2.97. The minimum atomic E-state index is -0.0995. The molecule has 122 valence electrons. The molecule has 0 aliphatic rings. The van der Waals surface area contributed by atoms with E-state index in [0.29, 0.717) is 6.41 Å². The Morgan fingerprint density at radius 3 is 2.41 bits per heavy atom. The average molecular weight is 307 g/mol. The fourth-order valence-electron chi connectivity index (χ4n) is 1.76. The molecule has 1 aromatic carbocycles. The number of carbonyl (C=O) groups is 1. The monoisotopic (exact) mass is 307 g/mol. The first-order valence-electron chi connectivity index (χ1n) is 7.45. The van der Waals surface area contributed by atoms with Crippen LogP contribution in [0.2, 0.25) is 0 Å². The van der Waals surface area contributed by atoms with Gasteiger partial charge < -0.3 is 5.32 Å². The van der Waals surface area contributed by atoms with E-state index < -0.39 is 0 Å². The second-order valence-corrected chi connectivity index (χ2v) is 4.48. The van der Waals surface area contributed by atoms with Crippen LogP contribution in [0, 0.1) is 26.6 Å². The van der Waals surface area contributed by atoms with Gasteiger partial charge in [0.05, 0.1) is 6.20 Å². The van der Waals surface area contributed by atoms with Crippen LogP contribution in [-0.4, -0.2) is 16.2 Å². The number of hydrogen-bond acceptors (Lipinski definition) is 2. The molecular weight excluding hydrogens is 281 g/mol. The Hall–Kier alpha value is -2.17. The van der Waals surface area contributed by atoms with E-state index in [2.05, 4.69) is 10.4 Å². The number of anilines is 1. The Balaban J connectivity index is 0.000000360. The van der Waals surface area contributed by atoms with Crippen molar-refractivity contribution in [1.29, 1.82) is 0 Å². The van der Waals surface area contributed by atoms with E-state index in [4.69, 9.17) is 0 Å². The summed E-state index contributed by atoms with van der Waals surface area (Å²) in [5, 5.41) is 6.48. The maximum Gasteiger partial charge on any atom is 0.212 e. The zero-order valence-electron chi connectivity index (χ0n) is 14.3. The van der Waals surface area contributed by atoms with E-state index in [1.165, 1.54) is 0 Å². The minimum Gasteiger partial charge on any atom is -0.314 e. The van der Waals surface area contributed by atoms with Crippen LogP contribution in [0.15, 0.2) is 24.4 Å². The van der Waals surface area contributed by atoms with Crippen molar-refractivity contribution in [3.63, 3.8) is 0 Å². The van der Waals surface area contributed by atoms with Crippen molar-refractivity contribution in [3.8, 4) is 0 Å². The molecule has 0 bridgehead atoms. The first kappa shape index (κ1) is 19.8. The highest BCUT2D eigenvalue weighted by molar-refractivity contribution is 5.68. The minimum absolute atomic E-state index is 0.0995. The molecule has 0 aliphatic heterocycles. The number of nitrogens with zero attached hydrogens (tertiary/aromatic N) is 2. The van der Waals surface area contributed by atoms with Gasteiger partial charge in [-0.3, -0.25) is 4.79 Å². The Bertz CT molecular complexity index is 556. The van der Waals surface area contributed by atoms with Gasteiger partial charge >= 0.3 is 0 Å². The van der Waals surface area contributed by atoms with Crippen molar-refractivity contribution in [1.82, 2.24) is 9.78 Å². The Morgan fingerprint density at radius 1 is 1.27 bits per heavy atom. The normalized spacial score (nSPS) is 9.05. The fraction of sp³-hybridized carbons (Fsp3) is 0.412. The van der Waals surface area contributed by atoms with Crippen LogP contribution in [0.25, 0.3) is 0 Å². The highest BCUT2D eigenvalue weighted by Gasteiger charge is 1.99. The summed E-state index contributed by atoms with van der Waals surface area (Å²) in [4.78, 5) is 9.99. The molecule has 0 atom stereocenters. The SMILES string of the molecule is CC.CCn1nccc1NC=O.Cc1cc(C)c(C)c(F)c1. The molecule has 1 N–H and O–H groups in total. The van der Waals surface area contributed by atoms with Gasteiger partial charge in [0.15, 0.2) is 0 Å². The van der Waals surface area contributed by atoms with Crippen molar-refractivity contribution < 1.29 is 9.18 Å². The predicted octanol–water partition coefficient (Wildman–Crippen LogP) is 4.25. The summed E-state index contributed by atoms with van der Waals surface area (Å²) in [6.07, 6.45) is 2.29. The van der Waals surface area contributed by atoms with Crippen LogP contribution in [0.3, 0.4) is 0 Å². The highest BCUT2D eigenvalue weighted by Crippen LogP contribution is 2.13. The second-order valence-electron chi connectivity index (χ2n) is 4.48. The van der Waals surface area contributed by atoms with E-state index in [0.717, 1.165) is 29.1 Å². The molecule has 0 radical (unpaired) electrons. The molecule has 1 heterocycles. The van der Waals surface area contributed by atoms with Crippen molar-refractivity contribution >= 4 is 12.2 Å². The standard InChI is InChI=1S/C9H11F.C6H9N3O.C2H6/c1-6-4-7(2)8(3)9(10)5-6;1-2-9-6(7-5-10)3-4-8-9;1-2/h4-5H,1-3H3;3-5H,2H2,1H3,(H,7,10);1-2H3. The van der Waals surface area contributed by atoms with E-state index in [-0.39, 0.29) is 5.82 Å². The zero-order valence-corrected chi connectivity index (χ0v) is 14.3. The van der Waals surface area contributed by atoms with Crippen molar-refractivity contribution in [2.24, 2.45) is 0 Å². The van der Waals surface area contributed by atoms with E-state index in [9.17, 15) is 9.18 Å². The molecule has 1 amide bonds. The number of amides is 1. The van der Waals surface area contributed by atoms with Crippen LogP contribution >= 0.6 is 0 Å². The average Bonchev–Trinajstić information content (AvgIpc) is 2.95. The lowest BCUT2D eigenvalue weighted by molar-refractivity contribution is -0.105. The van der Waals surface area contributed by atoms with Crippen LogP contribution in [-0.2, 0) is 11.3 Å². The van der Waals surface area contributed by atoms with Gasteiger partial charge in [0.25, 0.3) is 0 Å². The van der Waals surface area contributed by atoms with Gasteiger partial charge in [0.1, 0.15) is 11.6 Å². The number of aromatic nitrogens is 2. The van der Waals surface area contributed by atoms with Crippen molar-refractivity contribution in [3.05, 3.63) is 46.9 Å². The molecule has 22 heavy (non-hydrogen) atoms. The first-order chi connectivity index (χ1) is 10.5. The number of rotatable bonds is 3. The topological polar surface area (TPSA) is 46.9 Å². The van der Waals surface area contributed by atoms with E-state index in [1.807, 2.05) is 40.7 Å². The summed E-state index contributed by atoms with van der Waals surface area (Å²) in [5.41, 5.74) is 2.77. The maximum absolute atomic E-state index is 12.8. The molecule has 5 heteroatoms. The summed E-state index contributed by atoms with van der Waals surface area (Å²) in [7, 11) is 0. The van der Waals surface area contributed by atoms with Gasteiger partial charge in [-0.25, -0.2) is 9.07 Å². The molecule has 1 aromatic heterocycles. The summed E-state index contributed by atoms with van der Waals surface area (Å²) in [6.45, 7) is 12.3. The second kappa shape index (κ2) is 10.5. The summed E-state index contributed by atoms with van der Waals surface area (Å²) < 4.78 is 14.5. The number of aryl methyl sites for hydroxylation is 3. The van der Waals surface area contributed by atoms with E-state index >= 15 is 0 Å².